The summed E-state index contributed by atoms with van der Waals surface area (Å²) in [5.41, 5.74) is 0.583. The Morgan fingerprint density at radius 1 is 1.36 bits per heavy atom. The van der Waals surface area contributed by atoms with Gasteiger partial charge in [-0.1, -0.05) is 5.16 Å². The quantitative estimate of drug-likeness (QED) is 0.718. The highest BCUT2D eigenvalue weighted by molar-refractivity contribution is 5.93. The van der Waals surface area contributed by atoms with E-state index in [0.29, 0.717) is 36.9 Å². The van der Waals surface area contributed by atoms with Crippen molar-refractivity contribution < 1.29 is 18.5 Å². The Kier molecular flexibility index (Phi) is 4.83. The Bertz CT molecular complexity index is 693. The number of carbonyl (C=O) groups excluding carboxylic acids is 1. The predicted octanol–water partition coefficient (Wildman–Crippen LogP) is 2.65. The SMILES string of the molecule is O=C(c1ccoc1)N1CCCC(c2nc(CCOCC3CC3)no2)C1. The van der Waals surface area contributed by atoms with Crippen LogP contribution < -0.4 is 0 Å². The third kappa shape index (κ3) is 4.10. The molecule has 1 amide bonds. The van der Waals surface area contributed by atoms with Crippen LogP contribution in [0.3, 0.4) is 0 Å². The van der Waals surface area contributed by atoms with Crippen molar-refractivity contribution in [2.45, 2.75) is 38.0 Å². The number of amides is 1. The lowest BCUT2D eigenvalue weighted by Gasteiger charge is -2.30. The van der Waals surface area contributed by atoms with Gasteiger partial charge in [-0.15, -0.1) is 0 Å². The van der Waals surface area contributed by atoms with Gasteiger partial charge in [0.25, 0.3) is 5.91 Å². The molecule has 1 saturated carbocycles. The molecule has 134 valence electrons. The van der Waals surface area contributed by atoms with Crippen molar-refractivity contribution in [1.29, 1.82) is 0 Å². The monoisotopic (exact) mass is 345 g/mol. The van der Waals surface area contributed by atoms with E-state index in [2.05, 4.69) is 10.1 Å². The number of likely N-dealkylation sites (tertiary alicyclic amines) is 1. The summed E-state index contributed by atoms with van der Waals surface area (Å²) in [5, 5.41) is 4.06. The molecule has 0 N–H and O–H groups in total. The van der Waals surface area contributed by atoms with Crippen LogP contribution in [0.2, 0.25) is 0 Å². The third-order valence-corrected chi connectivity index (χ3v) is 4.83. The second kappa shape index (κ2) is 7.39. The molecule has 2 aromatic heterocycles. The van der Waals surface area contributed by atoms with Gasteiger partial charge < -0.3 is 18.6 Å². The van der Waals surface area contributed by atoms with Crippen LogP contribution in [0.25, 0.3) is 0 Å². The molecular formula is C18H23N3O4. The van der Waals surface area contributed by atoms with Gasteiger partial charge in [0.2, 0.25) is 5.89 Å². The van der Waals surface area contributed by atoms with Gasteiger partial charge in [0.05, 0.1) is 24.4 Å². The van der Waals surface area contributed by atoms with E-state index in [1.807, 2.05) is 4.90 Å². The number of ether oxygens (including phenoxy) is 1. The molecule has 3 heterocycles. The van der Waals surface area contributed by atoms with Crippen LogP contribution in [0.15, 0.2) is 27.5 Å². The van der Waals surface area contributed by atoms with Gasteiger partial charge in [0, 0.05) is 26.1 Å². The molecule has 7 heteroatoms. The lowest BCUT2D eigenvalue weighted by molar-refractivity contribution is 0.0695. The Balaban J connectivity index is 1.31. The third-order valence-electron chi connectivity index (χ3n) is 4.83. The summed E-state index contributed by atoms with van der Waals surface area (Å²) in [6.07, 6.45) is 8.14. The van der Waals surface area contributed by atoms with E-state index in [0.717, 1.165) is 31.9 Å². The number of hydrogen-bond donors (Lipinski definition) is 0. The number of nitrogens with zero attached hydrogens (tertiary/aromatic N) is 3. The van der Waals surface area contributed by atoms with Crippen molar-refractivity contribution in [2.24, 2.45) is 5.92 Å². The zero-order chi connectivity index (χ0) is 17.1. The van der Waals surface area contributed by atoms with Gasteiger partial charge in [-0.05, 0) is 37.7 Å². The Morgan fingerprint density at radius 2 is 2.28 bits per heavy atom. The zero-order valence-electron chi connectivity index (χ0n) is 14.2. The van der Waals surface area contributed by atoms with Crippen LogP contribution in [0.4, 0.5) is 0 Å². The Labute approximate surface area is 146 Å². The number of piperidine rings is 1. The van der Waals surface area contributed by atoms with E-state index in [1.54, 1.807) is 6.07 Å². The fourth-order valence-corrected chi connectivity index (χ4v) is 3.16. The lowest BCUT2D eigenvalue weighted by Crippen LogP contribution is -2.39. The second-order valence-electron chi connectivity index (χ2n) is 6.92. The van der Waals surface area contributed by atoms with Gasteiger partial charge in [0.1, 0.15) is 6.26 Å². The number of carbonyl (C=O) groups is 1. The highest BCUT2D eigenvalue weighted by Gasteiger charge is 2.29. The van der Waals surface area contributed by atoms with E-state index in [1.165, 1.54) is 25.4 Å². The van der Waals surface area contributed by atoms with Crippen LogP contribution in [-0.4, -0.2) is 47.3 Å². The lowest BCUT2D eigenvalue weighted by atomic mass is 9.97. The first kappa shape index (κ1) is 16.3. The van der Waals surface area contributed by atoms with Crippen LogP contribution in [0.5, 0.6) is 0 Å². The standard InChI is InChI=1S/C18H23N3O4/c22-18(15-5-8-24-12-15)21-7-1-2-14(10-21)17-19-16(20-25-17)6-9-23-11-13-3-4-13/h5,8,12-14H,1-4,6-7,9-11H2. The maximum Gasteiger partial charge on any atom is 0.257 e. The molecule has 25 heavy (non-hydrogen) atoms. The van der Waals surface area contributed by atoms with E-state index in [9.17, 15) is 4.79 Å². The summed E-state index contributed by atoms with van der Waals surface area (Å²) in [5.74, 6) is 2.16. The van der Waals surface area contributed by atoms with Gasteiger partial charge in [-0.25, -0.2) is 0 Å². The predicted molar refractivity (Wildman–Crippen MR) is 88.1 cm³/mol. The van der Waals surface area contributed by atoms with Gasteiger partial charge in [-0.3, -0.25) is 4.79 Å². The summed E-state index contributed by atoms with van der Waals surface area (Å²) in [7, 11) is 0. The molecule has 0 spiro atoms. The highest BCUT2D eigenvalue weighted by atomic mass is 16.5. The van der Waals surface area contributed by atoms with Crippen LogP contribution in [-0.2, 0) is 11.2 Å². The fraction of sp³-hybridized carbons (Fsp3) is 0.611. The van der Waals surface area contributed by atoms with Crippen molar-refractivity contribution in [3.05, 3.63) is 35.9 Å². The summed E-state index contributed by atoms with van der Waals surface area (Å²) >= 11 is 0. The minimum atomic E-state index is -0.00772. The van der Waals surface area contributed by atoms with Crippen molar-refractivity contribution in [3.8, 4) is 0 Å². The van der Waals surface area contributed by atoms with E-state index in [-0.39, 0.29) is 11.8 Å². The molecule has 4 rings (SSSR count). The highest BCUT2D eigenvalue weighted by Crippen LogP contribution is 2.29. The molecule has 1 atom stereocenters. The molecule has 1 saturated heterocycles. The molecule has 0 aromatic carbocycles. The van der Waals surface area contributed by atoms with Gasteiger partial charge >= 0.3 is 0 Å². The Hall–Kier alpha value is -2.15. The molecule has 7 nitrogen and oxygen atoms in total. The van der Waals surface area contributed by atoms with Crippen molar-refractivity contribution in [2.75, 3.05) is 26.3 Å². The summed E-state index contributed by atoms with van der Waals surface area (Å²) in [6.45, 7) is 2.82. The van der Waals surface area contributed by atoms with Gasteiger partial charge in [-0.2, -0.15) is 4.98 Å². The zero-order valence-corrected chi connectivity index (χ0v) is 14.2. The van der Waals surface area contributed by atoms with Crippen LogP contribution in [0, 0.1) is 5.92 Å². The second-order valence-corrected chi connectivity index (χ2v) is 6.92. The average Bonchev–Trinajstić information content (AvgIpc) is 3.13. The summed E-state index contributed by atoms with van der Waals surface area (Å²) < 4.78 is 16.1. The number of aromatic nitrogens is 2. The number of hydrogen-bond acceptors (Lipinski definition) is 6. The first-order valence-corrected chi connectivity index (χ1v) is 9.01. The van der Waals surface area contributed by atoms with Crippen molar-refractivity contribution in [1.82, 2.24) is 15.0 Å². The molecule has 2 fully saturated rings. The summed E-state index contributed by atoms with van der Waals surface area (Å²) in [6, 6.07) is 1.69. The fourth-order valence-electron chi connectivity index (χ4n) is 3.16. The molecule has 0 bridgehead atoms. The molecular weight excluding hydrogens is 322 g/mol. The molecule has 2 aromatic rings. The number of rotatable bonds is 7. The average molecular weight is 345 g/mol. The van der Waals surface area contributed by atoms with Crippen LogP contribution in [0.1, 0.15) is 53.7 Å². The van der Waals surface area contributed by atoms with E-state index >= 15 is 0 Å². The first-order valence-electron chi connectivity index (χ1n) is 9.01. The molecule has 1 unspecified atom stereocenters. The van der Waals surface area contributed by atoms with E-state index < -0.39 is 0 Å². The molecule has 2 aliphatic rings. The van der Waals surface area contributed by atoms with Crippen molar-refractivity contribution >= 4 is 5.91 Å². The van der Waals surface area contributed by atoms with Crippen LogP contribution >= 0.6 is 0 Å². The van der Waals surface area contributed by atoms with E-state index in [4.69, 9.17) is 13.7 Å². The molecule has 1 aliphatic heterocycles. The van der Waals surface area contributed by atoms with Crippen molar-refractivity contribution in [3.63, 3.8) is 0 Å². The summed E-state index contributed by atoms with van der Waals surface area (Å²) in [4.78, 5) is 18.8. The smallest absolute Gasteiger partial charge is 0.257 e. The topological polar surface area (TPSA) is 81.6 Å². The minimum Gasteiger partial charge on any atom is -0.472 e. The normalized spacial score (nSPS) is 20.8. The molecule has 1 aliphatic carbocycles. The largest absolute Gasteiger partial charge is 0.472 e. The Morgan fingerprint density at radius 3 is 3.08 bits per heavy atom. The number of furan rings is 1. The van der Waals surface area contributed by atoms with Gasteiger partial charge in [0.15, 0.2) is 5.82 Å². The first-order chi connectivity index (χ1) is 12.3. The molecule has 0 radical (unpaired) electrons. The maximum absolute atomic E-state index is 12.5. The minimum absolute atomic E-state index is 0.00772. The maximum atomic E-state index is 12.5.